The van der Waals surface area contributed by atoms with E-state index in [0.29, 0.717) is 52.9 Å². The summed E-state index contributed by atoms with van der Waals surface area (Å²) in [4.78, 5) is 24.2. The van der Waals surface area contributed by atoms with E-state index in [2.05, 4.69) is 10.6 Å². The molecule has 0 aliphatic carbocycles. The highest BCUT2D eigenvalue weighted by atomic mass is 35.5. The lowest BCUT2D eigenvalue weighted by molar-refractivity contribution is -0.111. The van der Waals surface area contributed by atoms with Crippen LogP contribution in [0, 0.1) is 0 Å². The molecule has 3 N–H and O–H groups in total. The number of aliphatic hydroxyl groups is 1. The lowest BCUT2D eigenvalue weighted by Crippen LogP contribution is -2.24. The number of nitrogens with one attached hydrogen (secondary N) is 2. The second-order valence-electron chi connectivity index (χ2n) is 6.62. The van der Waals surface area contributed by atoms with Crippen molar-refractivity contribution < 1.29 is 24.2 Å². The van der Waals surface area contributed by atoms with Gasteiger partial charge in [0.2, 0.25) is 5.91 Å². The maximum Gasteiger partial charge on any atom is 0.251 e. The van der Waals surface area contributed by atoms with Crippen LogP contribution >= 0.6 is 11.6 Å². The van der Waals surface area contributed by atoms with E-state index in [9.17, 15) is 9.59 Å². The Bertz CT molecular complexity index is 913. The molecule has 31 heavy (non-hydrogen) atoms. The Morgan fingerprint density at radius 3 is 2.58 bits per heavy atom. The van der Waals surface area contributed by atoms with Gasteiger partial charge >= 0.3 is 0 Å². The van der Waals surface area contributed by atoms with Crippen molar-refractivity contribution in [1.29, 1.82) is 0 Å². The van der Waals surface area contributed by atoms with Gasteiger partial charge in [0.05, 0.1) is 18.7 Å². The van der Waals surface area contributed by atoms with E-state index in [1.54, 1.807) is 42.5 Å². The highest BCUT2D eigenvalue weighted by Crippen LogP contribution is 2.36. The fourth-order valence-corrected chi connectivity index (χ4v) is 2.90. The Morgan fingerprint density at radius 1 is 1.19 bits per heavy atom. The number of amides is 2. The molecule has 0 aliphatic heterocycles. The average molecular weight is 447 g/mol. The second kappa shape index (κ2) is 12.6. The number of benzene rings is 2. The van der Waals surface area contributed by atoms with Crippen molar-refractivity contribution >= 4 is 35.2 Å². The molecule has 2 aromatic carbocycles. The zero-order valence-corrected chi connectivity index (χ0v) is 18.4. The van der Waals surface area contributed by atoms with Gasteiger partial charge in [0.1, 0.15) is 0 Å². The first-order valence-corrected chi connectivity index (χ1v) is 10.3. The summed E-state index contributed by atoms with van der Waals surface area (Å²) in [6.45, 7) is 2.95. The van der Waals surface area contributed by atoms with Crippen molar-refractivity contribution in [3.05, 3.63) is 58.6 Å². The number of hydrogen-bond donors (Lipinski definition) is 3. The number of rotatable bonds is 11. The van der Waals surface area contributed by atoms with E-state index >= 15 is 0 Å². The van der Waals surface area contributed by atoms with Crippen molar-refractivity contribution in [2.75, 3.05) is 32.2 Å². The molecule has 2 amide bonds. The molecule has 7 nitrogen and oxygen atoms in total. The zero-order chi connectivity index (χ0) is 22.6. The Balaban J connectivity index is 1.99. The van der Waals surface area contributed by atoms with Gasteiger partial charge in [-0.3, -0.25) is 9.59 Å². The van der Waals surface area contributed by atoms with E-state index in [1.807, 2.05) is 6.92 Å². The molecule has 2 rings (SSSR count). The summed E-state index contributed by atoms with van der Waals surface area (Å²) in [5.41, 5.74) is 1.72. The third-order valence-corrected chi connectivity index (χ3v) is 4.45. The zero-order valence-electron chi connectivity index (χ0n) is 17.6. The van der Waals surface area contributed by atoms with E-state index in [0.717, 1.165) is 6.42 Å². The van der Waals surface area contributed by atoms with Crippen LogP contribution in [0.2, 0.25) is 5.02 Å². The van der Waals surface area contributed by atoms with Gasteiger partial charge in [-0.15, -0.1) is 0 Å². The predicted molar refractivity (Wildman–Crippen MR) is 122 cm³/mol. The molecule has 0 unspecified atom stereocenters. The first kappa shape index (κ1) is 24.2. The van der Waals surface area contributed by atoms with Crippen LogP contribution in [0.1, 0.15) is 35.7 Å². The van der Waals surface area contributed by atoms with Crippen LogP contribution < -0.4 is 20.1 Å². The van der Waals surface area contributed by atoms with E-state index in [-0.39, 0.29) is 18.4 Å². The number of hydrogen-bond acceptors (Lipinski definition) is 5. The third kappa shape index (κ3) is 7.62. The van der Waals surface area contributed by atoms with Crippen LogP contribution in [-0.2, 0) is 4.79 Å². The van der Waals surface area contributed by atoms with E-state index < -0.39 is 0 Å². The van der Waals surface area contributed by atoms with Crippen LogP contribution in [0.4, 0.5) is 5.69 Å². The van der Waals surface area contributed by atoms with Crippen molar-refractivity contribution in [3.63, 3.8) is 0 Å². The molecule has 0 bridgehead atoms. The number of anilines is 1. The first-order valence-electron chi connectivity index (χ1n) is 9.97. The van der Waals surface area contributed by atoms with Gasteiger partial charge in [-0.05, 0) is 60.9 Å². The van der Waals surface area contributed by atoms with Crippen LogP contribution in [0.3, 0.4) is 0 Å². The number of ether oxygens (including phenoxy) is 2. The average Bonchev–Trinajstić information content (AvgIpc) is 2.77. The summed E-state index contributed by atoms with van der Waals surface area (Å²) in [5.74, 6) is 0.409. The molecule has 0 spiro atoms. The first-order chi connectivity index (χ1) is 15.0. The van der Waals surface area contributed by atoms with E-state index in [4.69, 9.17) is 26.2 Å². The van der Waals surface area contributed by atoms with Gasteiger partial charge in [0.15, 0.2) is 11.5 Å². The molecule has 0 aromatic heterocycles. The topological polar surface area (TPSA) is 96.9 Å². The molecule has 2 aromatic rings. The van der Waals surface area contributed by atoms with Crippen LogP contribution in [0.25, 0.3) is 6.08 Å². The molecule has 0 saturated heterocycles. The summed E-state index contributed by atoms with van der Waals surface area (Å²) >= 11 is 6.29. The van der Waals surface area contributed by atoms with Crippen molar-refractivity contribution in [2.45, 2.75) is 19.8 Å². The van der Waals surface area contributed by atoms with Crippen LogP contribution in [-0.4, -0.2) is 43.8 Å². The maximum atomic E-state index is 12.2. The molecule has 0 aliphatic rings. The fourth-order valence-electron chi connectivity index (χ4n) is 2.62. The molecular weight excluding hydrogens is 420 g/mol. The van der Waals surface area contributed by atoms with Crippen LogP contribution in [0.5, 0.6) is 11.5 Å². The summed E-state index contributed by atoms with van der Waals surface area (Å²) in [5, 5.41) is 14.6. The molecular formula is C23H27ClN2O5. The minimum absolute atomic E-state index is 0.0224. The standard InChI is InChI=1S/C23H27ClN2O5/c1-3-13-31-22-19(24)14-16(15-20(22)30-2)5-10-21(28)26-18-8-6-17(7-9-18)23(29)25-11-4-12-27/h5-10,14-15,27H,3-4,11-13H2,1-2H3,(H,25,29)(H,26,28). The molecule has 0 atom stereocenters. The predicted octanol–water partition coefficient (Wildman–Crippen LogP) is 3.90. The largest absolute Gasteiger partial charge is 0.493 e. The van der Waals surface area contributed by atoms with Crippen molar-refractivity contribution in [1.82, 2.24) is 5.32 Å². The third-order valence-electron chi connectivity index (χ3n) is 4.16. The molecule has 0 fully saturated rings. The van der Waals surface area contributed by atoms with Gasteiger partial charge in [-0.2, -0.15) is 0 Å². The molecule has 0 radical (unpaired) electrons. The fraction of sp³-hybridized carbons (Fsp3) is 0.304. The van der Waals surface area contributed by atoms with Crippen LogP contribution in [0.15, 0.2) is 42.5 Å². The lowest BCUT2D eigenvalue weighted by Gasteiger charge is -2.12. The quantitative estimate of drug-likeness (QED) is 0.359. The Hall–Kier alpha value is -3.03. The molecule has 8 heteroatoms. The minimum atomic E-state index is -0.332. The highest BCUT2D eigenvalue weighted by Gasteiger charge is 2.11. The SMILES string of the molecule is CCCOc1c(Cl)cc(C=CC(=O)Nc2ccc(C(=O)NCCCO)cc2)cc1OC. The second-order valence-corrected chi connectivity index (χ2v) is 7.02. The summed E-state index contributed by atoms with van der Waals surface area (Å²) in [6.07, 6.45) is 4.35. The minimum Gasteiger partial charge on any atom is -0.493 e. The Morgan fingerprint density at radius 2 is 1.94 bits per heavy atom. The van der Waals surface area contributed by atoms with Gasteiger partial charge in [-0.1, -0.05) is 18.5 Å². The number of halogens is 1. The summed E-state index contributed by atoms with van der Waals surface area (Å²) in [7, 11) is 1.53. The monoisotopic (exact) mass is 446 g/mol. The Kier molecular flexibility index (Phi) is 9.87. The summed E-state index contributed by atoms with van der Waals surface area (Å²) < 4.78 is 11.0. The number of methoxy groups -OCH3 is 1. The van der Waals surface area contributed by atoms with Crippen molar-refractivity contribution in [2.24, 2.45) is 0 Å². The van der Waals surface area contributed by atoms with Gasteiger partial charge in [0, 0.05) is 30.5 Å². The molecule has 0 heterocycles. The van der Waals surface area contributed by atoms with E-state index in [1.165, 1.54) is 13.2 Å². The Labute approximate surface area is 187 Å². The normalized spacial score (nSPS) is 10.7. The smallest absolute Gasteiger partial charge is 0.251 e. The van der Waals surface area contributed by atoms with Gasteiger partial charge < -0.3 is 25.2 Å². The molecule has 166 valence electrons. The molecule has 0 saturated carbocycles. The van der Waals surface area contributed by atoms with Gasteiger partial charge in [0.25, 0.3) is 5.91 Å². The number of carbonyl (C=O) groups is 2. The van der Waals surface area contributed by atoms with Gasteiger partial charge in [-0.25, -0.2) is 0 Å². The lowest BCUT2D eigenvalue weighted by atomic mass is 10.1. The maximum absolute atomic E-state index is 12.2. The number of carbonyl (C=O) groups excluding carboxylic acids is 2. The van der Waals surface area contributed by atoms with Crippen molar-refractivity contribution in [3.8, 4) is 11.5 Å². The number of aliphatic hydroxyl groups excluding tert-OH is 1. The summed E-state index contributed by atoms with van der Waals surface area (Å²) in [6, 6.07) is 9.97. The highest BCUT2D eigenvalue weighted by molar-refractivity contribution is 6.32.